The van der Waals surface area contributed by atoms with Crippen LogP contribution < -0.4 is 0 Å². The normalized spacial score (nSPS) is 17.1. The molecular weight excluding hydrogens is 233 g/mol. The molecule has 14 heavy (non-hydrogen) atoms. The van der Waals surface area contributed by atoms with Crippen LogP contribution in [0.25, 0.3) is 0 Å². The number of carbonyl (C=O) groups is 2. The summed E-state index contributed by atoms with van der Waals surface area (Å²) in [6.45, 7) is 0. The van der Waals surface area contributed by atoms with Gasteiger partial charge in [0.05, 0.1) is 6.42 Å². The first-order valence-corrected chi connectivity index (χ1v) is 4.18. The van der Waals surface area contributed by atoms with E-state index in [2.05, 4.69) is 0 Å². The molecule has 0 saturated heterocycles. The molecule has 1 aliphatic heterocycles. The number of nitroso groups, excluding NO2 is 1. The largest absolute Gasteiger partial charge is 0.482 e. The Morgan fingerprint density at radius 1 is 1.50 bits per heavy atom. The lowest BCUT2D eigenvalue weighted by Crippen LogP contribution is -2.19. The standard InChI is InChI=1S/C7H3Cl2NO4/c8-4-2-10(14)7(13)6(9)3(4)1-5(11)12/h2H,1H2/p+1. The zero-order valence-corrected chi connectivity index (χ0v) is 8.17. The Kier molecular flexibility index (Phi) is 3.03. The van der Waals surface area contributed by atoms with E-state index in [0.29, 0.717) is 0 Å². The van der Waals surface area contributed by atoms with Gasteiger partial charge in [0.25, 0.3) is 6.20 Å². The molecule has 1 rings (SSSR count). The molecule has 1 amide bonds. The molecule has 0 bridgehead atoms. The van der Waals surface area contributed by atoms with Crippen molar-refractivity contribution in [2.24, 2.45) is 0 Å². The minimum atomic E-state index is -1.18. The van der Waals surface area contributed by atoms with Gasteiger partial charge in [0.15, 0.2) is 5.03 Å². The number of halogens is 2. The molecular formula is C7H4Cl2NO4+. The van der Waals surface area contributed by atoms with Crippen LogP contribution >= 0.6 is 23.2 Å². The molecule has 0 aliphatic carbocycles. The van der Waals surface area contributed by atoms with Crippen molar-refractivity contribution in [1.29, 1.82) is 0 Å². The average Bonchev–Trinajstić information content (AvgIpc) is 2.09. The van der Waals surface area contributed by atoms with E-state index in [1.807, 2.05) is 0 Å². The molecule has 0 saturated carbocycles. The Balaban J connectivity index is 3.13. The Morgan fingerprint density at radius 2 is 2.07 bits per heavy atom. The minimum absolute atomic E-state index is 0.0436. The van der Waals surface area contributed by atoms with Crippen molar-refractivity contribution in [3.05, 3.63) is 26.7 Å². The van der Waals surface area contributed by atoms with Gasteiger partial charge in [-0.15, -0.1) is 0 Å². The number of amides is 1. The number of nitrogens with zero attached hydrogens (tertiary/aromatic N) is 1. The number of carboxylic acid groups (broad SMARTS) is 1. The third kappa shape index (κ3) is 2.00. The van der Waals surface area contributed by atoms with Gasteiger partial charge in [0, 0.05) is 10.5 Å². The van der Waals surface area contributed by atoms with E-state index in [1.165, 1.54) is 0 Å². The second-order valence-corrected chi connectivity index (χ2v) is 3.26. The first-order valence-electron chi connectivity index (χ1n) is 3.42. The van der Waals surface area contributed by atoms with Crippen LogP contribution in [0.5, 0.6) is 0 Å². The third-order valence-corrected chi connectivity index (χ3v) is 2.22. The van der Waals surface area contributed by atoms with E-state index in [0.717, 1.165) is 6.20 Å². The monoisotopic (exact) mass is 236 g/mol. The number of hydrogen-bond acceptors (Lipinski definition) is 3. The van der Waals surface area contributed by atoms with Crippen molar-refractivity contribution in [2.45, 2.75) is 6.42 Å². The van der Waals surface area contributed by atoms with E-state index >= 15 is 0 Å². The van der Waals surface area contributed by atoms with Crippen LogP contribution in [0.3, 0.4) is 0 Å². The van der Waals surface area contributed by atoms with Gasteiger partial charge in [-0.2, -0.15) is 0 Å². The second-order valence-electron chi connectivity index (χ2n) is 2.47. The predicted molar refractivity (Wildman–Crippen MR) is 47.7 cm³/mol. The minimum Gasteiger partial charge on any atom is -0.481 e. The van der Waals surface area contributed by atoms with Crippen LogP contribution in [-0.4, -0.2) is 21.7 Å². The average molecular weight is 237 g/mol. The predicted octanol–water partition coefficient (Wildman–Crippen LogP) is 1.35. The molecule has 0 unspecified atom stereocenters. The Hall–Kier alpha value is -1.20. The van der Waals surface area contributed by atoms with E-state index in [4.69, 9.17) is 28.3 Å². The maximum atomic E-state index is 11.0. The Morgan fingerprint density at radius 3 is 2.57 bits per heavy atom. The molecule has 1 heterocycles. The highest BCUT2D eigenvalue weighted by molar-refractivity contribution is 6.44. The van der Waals surface area contributed by atoms with Gasteiger partial charge < -0.3 is 5.11 Å². The van der Waals surface area contributed by atoms with E-state index < -0.39 is 23.3 Å². The smallest absolute Gasteiger partial charge is 0.481 e. The fourth-order valence-corrected chi connectivity index (χ4v) is 1.43. The molecule has 74 valence electrons. The summed E-state index contributed by atoms with van der Waals surface area (Å²) in [5.41, 5.74) is -0.0436. The molecule has 5 nitrogen and oxygen atoms in total. The van der Waals surface area contributed by atoms with Crippen molar-refractivity contribution >= 4 is 35.1 Å². The lowest BCUT2D eigenvalue weighted by Gasteiger charge is -2.04. The summed E-state index contributed by atoms with van der Waals surface area (Å²) in [4.78, 5) is 32.1. The first kappa shape index (κ1) is 10.9. The van der Waals surface area contributed by atoms with Crippen LogP contribution in [0.4, 0.5) is 0 Å². The van der Waals surface area contributed by atoms with Gasteiger partial charge in [-0.05, 0) is 0 Å². The zero-order valence-electron chi connectivity index (χ0n) is 6.66. The maximum Gasteiger partial charge on any atom is 0.482 e. The second kappa shape index (κ2) is 3.89. The van der Waals surface area contributed by atoms with E-state index in [9.17, 15) is 14.5 Å². The van der Waals surface area contributed by atoms with Crippen LogP contribution in [0, 0.1) is 4.91 Å². The molecule has 1 aliphatic rings. The topological polar surface area (TPSA) is 74.4 Å². The molecule has 0 aromatic heterocycles. The highest BCUT2D eigenvalue weighted by Crippen LogP contribution is 2.28. The van der Waals surface area contributed by atoms with Crippen LogP contribution in [-0.2, 0) is 9.59 Å². The molecule has 0 aromatic carbocycles. The van der Waals surface area contributed by atoms with Gasteiger partial charge in [0.1, 0.15) is 9.79 Å². The Labute approximate surface area is 88.2 Å². The summed E-state index contributed by atoms with van der Waals surface area (Å²) < 4.78 is -0.0456. The highest BCUT2D eigenvalue weighted by Gasteiger charge is 2.35. The lowest BCUT2D eigenvalue weighted by molar-refractivity contribution is -0.397. The SMILES string of the molecule is O=C(O)CC1=C(Cl)C(=O)[N+](=O)C=C1Cl. The third-order valence-electron chi connectivity index (χ3n) is 1.50. The summed E-state index contributed by atoms with van der Waals surface area (Å²) in [7, 11) is 0. The molecule has 7 heteroatoms. The van der Waals surface area contributed by atoms with Gasteiger partial charge in [-0.1, -0.05) is 23.2 Å². The number of hydrogen-bond donors (Lipinski definition) is 1. The molecule has 0 atom stereocenters. The summed E-state index contributed by atoms with van der Waals surface area (Å²) in [6, 6.07) is 0. The van der Waals surface area contributed by atoms with E-state index in [-0.39, 0.29) is 15.4 Å². The van der Waals surface area contributed by atoms with Crippen LogP contribution in [0.2, 0.25) is 0 Å². The first-order chi connectivity index (χ1) is 6.43. The lowest BCUT2D eigenvalue weighted by atomic mass is 10.1. The molecule has 0 fully saturated rings. The van der Waals surface area contributed by atoms with Gasteiger partial charge in [0.2, 0.25) is 0 Å². The fraction of sp³-hybridized carbons (Fsp3) is 0.143. The van der Waals surface area contributed by atoms with Crippen molar-refractivity contribution in [1.82, 2.24) is 0 Å². The molecule has 0 spiro atoms. The van der Waals surface area contributed by atoms with Gasteiger partial charge in [-0.3, -0.25) is 4.79 Å². The fourth-order valence-electron chi connectivity index (χ4n) is 0.883. The van der Waals surface area contributed by atoms with Crippen molar-refractivity contribution in [3.8, 4) is 0 Å². The van der Waals surface area contributed by atoms with Crippen molar-refractivity contribution in [3.63, 3.8) is 0 Å². The number of allylic oxidation sites excluding steroid dienone is 1. The molecule has 0 radical (unpaired) electrons. The summed E-state index contributed by atoms with van der Waals surface area (Å²) in [5, 5.41) is 7.89. The Bertz CT molecular complexity index is 396. The van der Waals surface area contributed by atoms with Gasteiger partial charge in [-0.25, -0.2) is 4.79 Å². The van der Waals surface area contributed by atoms with Crippen molar-refractivity contribution < 1.29 is 19.5 Å². The molecule has 1 N–H and O–H groups in total. The van der Waals surface area contributed by atoms with Crippen LogP contribution in [0.15, 0.2) is 21.8 Å². The number of carbonyl (C=O) groups excluding carboxylic acids is 1. The van der Waals surface area contributed by atoms with E-state index in [1.54, 1.807) is 0 Å². The number of carboxylic acids is 1. The quantitative estimate of drug-likeness (QED) is 0.735. The summed E-state index contributed by atoms with van der Waals surface area (Å²) >= 11 is 11.0. The van der Waals surface area contributed by atoms with Crippen LogP contribution in [0.1, 0.15) is 6.42 Å². The number of rotatable bonds is 2. The maximum absolute atomic E-state index is 11.0. The summed E-state index contributed by atoms with van der Waals surface area (Å²) in [5.74, 6) is -2.19. The van der Waals surface area contributed by atoms with Gasteiger partial charge >= 0.3 is 11.9 Å². The zero-order chi connectivity index (χ0) is 10.9. The highest BCUT2D eigenvalue weighted by atomic mass is 35.5. The number of aliphatic carboxylic acids is 1. The molecule has 0 aromatic rings. The summed E-state index contributed by atoms with van der Waals surface area (Å²) in [6.07, 6.45) is 0.293. The van der Waals surface area contributed by atoms with Crippen molar-refractivity contribution in [2.75, 3.05) is 0 Å².